The van der Waals surface area contributed by atoms with Gasteiger partial charge in [-0.3, -0.25) is 0 Å². The molecule has 3 atom stereocenters. The molecule has 0 aromatic heterocycles. The summed E-state index contributed by atoms with van der Waals surface area (Å²) in [7, 11) is 0. The van der Waals surface area contributed by atoms with E-state index in [0.717, 1.165) is 49.9 Å². The summed E-state index contributed by atoms with van der Waals surface area (Å²) in [4.78, 5) is 0. The first kappa shape index (κ1) is 26.1. The van der Waals surface area contributed by atoms with Crippen molar-refractivity contribution in [1.82, 2.24) is 0 Å². The molecule has 0 saturated carbocycles. The van der Waals surface area contributed by atoms with Crippen LogP contribution in [0.25, 0.3) is 0 Å². The first-order chi connectivity index (χ1) is 17.6. The van der Waals surface area contributed by atoms with Gasteiger partial charge in [-0.2, -0.15) is 0 Å². The maximum atomic E-state index is 6.00. The lowest BCUT2D eigenvalue weighted by molar-refractivity contribution is 0.256. The molecule has 0 N–H and O–H groups in total. The lowest BCUT2D eigenvalue weighted by atomic mass is 9.85. The van der Waals surface area contributed by atoms with E-state index in [2.05, 4.69) is 100 Å². The number of hydrogen-bond donors (Lipinski definition) is 0. The van der Waals surface area contributed by atoms with Crippen LogP contribution in [0.2, 0.25) is 0 Å². The van der Waals surface area contributed by atoms with E-state index < -0.39 is 0 Å². The van der Waals surface area contributed by atoms with E-state index in [9.17, 15) is 0 Å². The second-order valence-electron chi connectivity index (χ2n) is 10.1. The number of ether oxygens (including phenoxy) is 4. The molecule has 4 heteroatoms. The van der Waals surface area contributed by atoms with E-state index in [0.29, 0.717) is 18.4 Å². The van der Waals surface area contributed by atoms with Gasteiger partial charge in [0, 0.05) is 5.92 Å². The maximum absolute atomic E-state index is 6.00. The Balaban J connectivity index is 1.54. The van der Waals surface area contributed by atoms with E-state index in [4.69, 9.17) is 18.9 Å². The zero-order valence-corrected chi connectivity index (χ0v) is 22.1. The Labute approximate surface area is 216 Å². The summed E-state index contributed by atoms with van der Waals surface area (Å²) in [6, 6.07) is 25.5. The molecule has 0 amide bonds. The fourth-order valence-corrected chi connectivity index (χ4v) is 3.91. The number of benzene rings is 3. The third-order valence-electron chi connectivity index (χ3n) is 6.94. The van der Waals surface area contributed by atoms with Crippen LogP contribution in [0, 0.1) is 11.8 Å². The third kappa shape index (κ3) is 7.51. The van der Waals surface area contributed by atoms with Gasteiger partial charge in [0.15, 0.2) is 0 Å². The average molecular weight is 489 g/mol. The topological polar surface area (TPSA) is 40.2 Å². The summed E-state index contributed by atoms with van der Waals surface area (Å²) >= 11 is 0. The minimum absolute atomic E-state index is 0.0954. The number of hydrogen-bond acceptors (Lipinski definition) is 4. The van der Waals surface area contributed by atoms with Crippen molar-refractivity contribution < 1.29 is 18.9 Å². The van der Waals surface area contributed by atoms with Crippen molar-refractivity contribution in [3.05, 3.63) is 89.5 Å². The second-order valence-corrected chi connectivity index (χ2v) is 10.1. The molecule has 192 valence electrons. The van der Waals surface area contributed by atoms with Crippen LogP contribution in [-0.2, 0) is 4.74 Å². The molecule has 1 heterocycles. The van der Waals surface area contributed by atoms with E-state index >= 15 is 0 Å². The molecule has 3 unspecified atom stereocenters. The van der Waals surface area contributed by atoms with Crippen LogP contribution >= 0.6 is 0 Å². The minimum Gasteiger partial charge on any atom is -0.493 e. The van der Waals surface area contributed by atoms with Crippen LogP contribution in [0.15, 0.2) is 72.8 Å². The molecule has 1 aliphatic rings. The molecular weight excluding hydrogens is 448 g/mol. The van der Waals surface area contributed by atoms with Crippen molar-refractivity contribution in [3.8, 4) is 17.2 Å². The van der Waals surface area contributed by atoms with Gasteiger partial charge in [0.05, 0.1) is 19.8 Å². The quantitative estimate of drug-likeness (QED) is 0.174. The Kier molecular flexibility index (Phi) is 9.29. The summed E-state index contributed by atoms with van der Waals surface area (Å²) in [5, 5.41) is 0. The van der Waals surface area contributed by atoms with E-state index in [1.165, 1.54) is 16.7 Å². The zero-order valence-electron chi connectivity index (χ0n) is 22.1. The van der Waals surface area contributed by atoms with E-state index in [1.807, 2.05) is 0 Å². The Bertz CT molecular complexity index is 982. The predicted octanol–water partition coefficient (Wildman–Crippen LogP) is 7.49. The molecule has 1 aliphatic heterocycles. The van der Waals surface area contributed by atoms with Gasteiger partial charge in [-0.05, 0) is 64.9 Å². The smallest absolute Gasteiger partial charge is 0.119 e. The zero-order chi connectivity index (χ0) is 25.3. The highest BCUT2D eigenvalue weighted by atomic mass is 16.6. The van der Waals surface area contributed by atoms with Gasteiger partial charge in [-0.25, -0.2) is 0 Å². The van der Waals surface area contributed by atoms with Crippen LogP contribution in [-0.4, -0.2) is 32.5 Å². The number of rotatable bonds is 14. The molecule has 4 nitrogen and oxygen atoms in total. The average Bonchev–Trinajstić information content (AvgIpc) is 3.76. The monoisotopic (exact) mass is 488 g/mol. The van der Waals surface area contributed by atoms with Gasteiger partial charge in [0.25, 0.3) is 0 Å². The highest BCUT2D eigenvalue weighted by molar-refractivity contribution is 5.46. The van der Waals surface area contributed by atoms with Gasteiger partial charge in [-0.1, -0.05) is 76.9 Å². The number of epoxide rings is 1. The van der Waals surface area contributed by atoms with Crippen LogP contribution in [0.4, 0.5) is 0 Å². The molecule has 0 radical (unpaired) electrons. The van der Waals surface area contributed by atoms with Crippen molar-refractivity contribution in [1.29, 1.82) is 0 Å². The first-order valence-corrected chi connectivity index (χ1v) is 13.4. The predicted molar refractivity (Wildman–Crippen MR) is 145 cm³/mol. The summed E-state index contributed by atoms with van der Waals surface area (Å²) in [5.41, 5.74) is 3.66. The summed E-state index contributed by atoms with van der Waals surface area (Å²) in [6.45, 7) is 11.7. The largest absolute Gasteiger partial charge is 0.493 e. The SMILES string of the molecule is CCC(C)COc1ccc(C(c2ccc(OCC(C)CC)cc2)c2ccc(OCC3CO3)cc2)cc1. The summed E-state index contributed by atoms with van der Waals surface area (Å²) in [6.07, 6.45) is 2.48. The van der Waals surface area contributed by atoms with Crippen molar-refractivity contribution in [2.75, 3.05) is 26.4 Å². The van der Waals surface area contributed by atoms with Gasteiger partial charge < -0.3 is 18.9 Å². The molecule has 0 spiro atoms. The lowest BCUT2D eigenvalue weighted by Gasteiger charge is -2.21. The lowest BCUT2D eigenvalue weighted by Crippen LogP contribution is -2.08. The van der Waals surface area contributed by atoms with Gasteiger partial charge in [0.1, 0.15) is 30.0 Å². The van der Waals surface area contributed by atoms with Crippen LogP contribution < -0.4 is 14.2 Å². The molecule has 4 rings (SSSR count). The van der Waals surface area contributed by atoms with Gasteiger partial charge in [0.2, 0.25) is 0 Å². The fraction of sp³-hybridized carbons (Fsp3) is 0.438. The van der Waals surface area contributed by atoms with Crippen LogP contribution in [0.1, 0.15) is 63.1 Å². The Morgan fingerprint density at radius 1 is 0.639 bits per heavy atom. The summed E-state index contributed by atoms with van der Waals surface area (Å²) in [5.74, 6) is 3.89. The standard InChI is InChI=1S/C32H40O4/c1-5-23(3)19-33-28-13-7-25(8-14-28)32(26-9-15-29(16-10-26)34-20-24(4)6-2)27-11-17-30(18-12-27)35-21-31-22-36-31/h7-18,23-24,31-32H,5-6,19-22H2,1-4H3. The Morgan fingerprint density at radius 2 is 1.00 bits per heavy atom. The van der Waals surface area contributed by atoms with Crippen molar-refractivity contribution in [2.24, 2.45) is 11.8 Å². The van der Waals surface area contributed by atoms with E-state index in [-0.39, 0.29) is 12.0 Å². The van der Waals surface area contributed by atoms with Crippen LogP contribution in [0.5, 0.6) is 17.2 Å². The first-order valence-electron chi connectivity index (χ1n) is 13.4. The highest BCUT2D eigenvalue weighted by Gasteiger charge is 2.23. The maximum Gasteiger partial charge on any atom is 0.119 e. The molecule has 3 aromatic rings. The molecule has 1 fully saturated rings. The molecule has 0 aliphatic carbocycles. The minimum atomic E-state index is 0.0954. The van der Waals surface area contributed by atoms with Crippen LogP contribution in [0.3, 0.4) is 0 Å². The van der Waals surface area contributed by atoms with E-state index in [1.54, 1.807) is 0 Å². The molecule has 1 saturated heterocycles. The second kappa shape index (κ2) is 12.8. The Hall–Kier alpha value is -2.98. The van der Waals surface area contributed by atoms with Crippen molar-refractivity contribution in [2.45, 2.75) is 52.6 Å². The van der Waals surface area contributed by atoms with Gasteiger partial charge in [-0.15, -0.1) is 0 Å². The molecular formula is C32H40O4. The Morgan fingerprint density at radius 3 is 1.33 bits per heavy atom. The third-order valence-corrected chi connectivity index (χ3v) is 6.94. The fourth-order valence-electron chi connectivity index (χ4n) is 3.91. The van der Waals surface area contributed by atoms with Gasteiger partial charge >= 0.3 is 0 Å². The molecule has 0 bridgehead atoms. The van der Waals surface area contributed by atoms with Crippen molar-refractivity contribution >= 4 is 0 Å². The highest BCUT2D eigenvalue weighted by Crippen LogP contribution is 2.35. The normalized spacial score (nSPS) is 17.2. The molecule has 36 heavy (non-hydrogen) atoms. The summed E-state index contributed by atoms with van der Waals surface area (Å²) < 4.78 is 23.1. The molecule has 3 aromatic carbocycles. The van der Waals surface area contributed by atoms with Crippen molar-refractivity contribution in [3.63, 3.8) is 0 Å².